The van der Waals surface area contributed by atoms with E-state index in [1.165, 1.54) is 12.4 Å². The lowest BCUT2D eigenvalue weighted by atomic mass is 9.91. The average Bonchev–Trinajstić information content (AvgIpc) is 2.94. The van der Waals surface area contributed by atoms with E-state index in [0.29, 0.717) is 48.9 Å². The van der Waals surface area contributed by atoms with Gasteiger partial charge in [-0.2, -0.15) is 0 Å². The van der Waals surface area contributed by atoms with Gasteiger partial charge in [-0.05, 0) is 62.0 Å². The van der Waals surface area contributed by atoms with Gasteiger partial charge in [-0.1, -0.05) is 0 Å². The molecule has 1 aromatic rings. The molecule has 208 valence electrons. The van der Waals surface area contributed by atoms with E-state index in [1.54, 1.807) is 31.1 Å². The molecule has 38 heavy (non-hydrogen) atoms. The van der Waals surface area contributed by atoms with Crippen molar-refractivity contribution in [3.63, 3.8) is 0 Å². The van der Waals surface area contributed by atoms with Gasteiger partial charge in [0.1, 0.15) is 6.17 Å². The molecule has 9 nitrogen and oxygen atoms in total. The number of carbonyl (C=O) groups is 1. The molecule has 0 aliphatic carbocycles. The summed E-state index contributed by atoms with van der Waals surface area (Å²) >= 11 is 0. The summed E-state index contributed by atoms with van der Waals surface area (Å²) in [5.74, 6) is 0. The van der Waals surface area contributed by atoms with E-state index >= 15 is 0 Å². The normalized spacial score (nSPS) is 20.2. The summed E-state index contributed by atoms with van der Waals surface area (Å²) in [5, 5.41) is 9.82. The maximum atomic E-state index is 14.3. The zero-order valence-electron chi connectivity index (χ0n) is 22.3. The highest BCUT2D eigenvalue weighted by molar-refractivity contribution is 6.10. The number of nitrogens with one attached hydrogen (secondary N) is 3. The first-order chi connectivity index (χ1) is 18.4. The summed E-state index contributed by atoms with van der Waals surface area (Å²) in [4.78, 5) is 20.3. The van der Waals surface area contributed by atoms with E-state index < -0.39 is 12.6 Å². The molecule has 1 aromatic carbocycles. The minimum absolute atomic E-state index is 0.0999. The Morgan fingerprint density at radius 3 is 2.66 bits per heavy atom. The van der Waals surface area contributed by atoms with Crippen LogP contribution in [0.2, 0.25) is 0 Å². The lowest BCUT2D eigenvalue weighted by molar-refractivity contribution is 0.151. The van der Waals surface area contributed by atoms with E-state index in [2.05, 4.69) is 20.9 Å². The number of piperidine rings is 1. The van der Waals surface area contributed by atoms with Crippen molar-refractivity contribution in [1.82, 2.24) is 20.9 Å². The van der Waals surface area contributed by atoms with E-state index in [0.717, 1.165) is 55.6 Å². The smallest absolute Gasteiger partial charge is 0.317 e. The first-order valence-electron chi connectivity index (χ1n) is 13.3. The van der Waals surface area contributed by atoms with Gasteiger partial charge in [0.2, 0.25) is 0 Å². The molecule has 2 amide bonds. The van der Waals surface area contributed by atoms with E-state index in [-0.39, 0.29) is 11.6 Å². The van der Waals surface area contributed by atoms with Crippen molar-refractivity contribution in [2.45, 2.75) is 50.7 Å². The molecule has 3 aliphatic heterocycles. The molecule has 0 bridgehead atoms. The summed E-state index contributed by atoms with van der Waals surface area (Å²) < 4.78 is 28.6. The van der Waals surface area contributed by atoms with E-state index in [9.17, 15) is 13.6 Å². The number of halogens is 2. The Hall–Kier alpha value is -3.18. The number of allylic oxidation sites excluding steroid dienone is 1. The second-order valence-electron chi connectivity index (χ2n) is 10.0. The van der Waals surface area contributed by atoms with Crippen LogP contribution >= 0.6 is 0 Å². The van der Waals surface area contributed by atoms with Crippen molar-refractivity contribution in [1.29, 1.82) is 0 Å². The molecule has 0 spiro atoms. The van der Waals surface area contributed by atoms with Crippen LogP contribution in [-0.4, -0.2) is 76.2 Å². The predicted molar refractivity (Wildman–Crippen MR) is 148 cm³/mol. The minimum atomic E-state index is -2.69. The first-order valence-corrected chi connectivity index (χ1v) is 13.3. The molecule has 0 radical (unpaired) electrons. The van der Waals surface area contributed by atoms with Crippen LogP contribution in [0.4, 0.5) is 19.3 Å². The van der Waals surface area contributed by atoms with Crippen LogP contribution in [-0.2, 0) is 6.42 Å². The number of fused-ring (bicyclic) bond motifs is 1. The van der Waals surface area contributed by atoms with Crippen molar-refractivity contribution < 1.29 is 13.6 Å². The fourth-order valence-electron chi connectivity index (χ4n) is 5.69. The van der Waals surface area contributed by atoms with Gasteiger partial charge < -0.3 is 37.2 Å². The number of aryl methyl sites for hydroxylation is 1. The maximum Gasteiger partial charge on any atom is 0.317 e. The third-order valence-electron chi connectivity index (χ3n) is 7.69. The Morgan fingerprint density at radius 2 is 2.00 bits per heavy atom. The van der Waals surface area contributed by atoms with Crippen LogP contribution in [0, 0.1) is 0 Å². The maximum absolute atomic E-state index is 14.3. The third-order valence-corrected chi connectivity index (χ3v) is 7.69. The molecule has 1 unspecified atom stereocenters. The quantitative estimate of drug-likeness (QED) is 0.345. The molecular formula is C27H40F2N8O. The number of amides is 2. The van der Waals surface area contributed by atoms with Crippen LogP contribution in [0.3, 0.4) is 0 Å². The van der Waals surface area contributed by atoms with E-state index in [1.807, 2.05) is 4.90 Å². The summed E-state index contributed by atoms with van der Waals surface area (Å²) in [6, 6.07) is 3.54. The second kappa shape index (κ2) is 12.6. The molecule has 4 rings (SSSR count). The van der Waals surface area contributed by atoms with Gasteiger partial charge in [0.05, 0.1) is 0 Å². The number of hydrogen-bond donors (Lipinski definition) is 5. The van der Waals surface area contributed by atoms with Crippen molar-refractivity contribution in [2.24, 2.45) is 16.5 Å². The molecule has 1 fully saturated rings. The monoisotopic (exact) mass is 530 g/mol. The largest absolute Gasteiger partial charge is 0.404 e. The Labute approximate surface area is 223 Å². The van der Waals surface area contributed by atoms with Gasteiger partial charge in [-0.25, -0.2) is 13.6 Å². The van der Waals surface area contributed by atoms with Crippen LogP contribution in [0.1, 0.15) is 48.8 Å². The highest BCUT2D eigenvalue weighted by atomic mass is 19.3. The molecular weight excluding hydrogens is 490 g/mol. The number of rotatable bonds is 7. The number of urea groups is 1. The highest BCUT2D eigenvalue weighted by Crippen LogP contribution is 2.38. The lowest BCUT2D eigenvalue weighted by Crippen LogP contribution is -2.53. The standard InChI is InChI=1S/C27H40F2N8O/c1-32-15-18(14-30)20-12-17-4-3-10-37(24(17)13-21(20)25(28)29)26(31)22-16-36(27(38)33-2)11-7-23(22)35-19-5-8-34-9-6-19/h12-15,19,25-26,34-35H,3-11,16,30-31H2,1-2H3,(H,33,38)/b18-14+,32-15?. The predicted octanol–water partition coefficient (Wildman–Crippen LogP) is 2.30. The number of hydrogen-bond acceptors (Lipinski definition) is 7. The lowest BCUT2D eigenvalue weighted by Gasteiger charge is -2.42. The number of carbonyl (C=O) groups excluding carboxylic acids is 1. The zero-order chi connectivity index (χ0) is 27.2. The number of alkyl halides is 2. The second-order valence-corrected chi connectivity index (χ2v) is 10.0. The van der Waals surface area contributed by atoms with Crippen LogP contribution in [0.15, 0.2) is 34.6 Å². The molecule has 7 N–H and O–H groups in total. The number of nitrogens with two attached hydrogens (primary N) is 2. The average molecular weight is 531 g/mol. The topological polar surface area (TPSA) is 124 Å². The van der Waals surface area contributed by atoms with Gasteiger partial charge in [0, 0.05) is 86.7 Å². The van der Waals surface area contributed by atoms with Gasteiger partial charge in [0.25, 0.3) is 6.43 Å². The minimum Gasteiger partial charge on any atom is -0.404 e. The van der Waals surface area contributed by atoms with Crippen molar-refractivity contribution in [2.75, 3.05) is 51.7 Å². The fraction of sp³-hybridized carbons (Fsp3) is 0.556. The fourth-order valence-corrected chi connectivity index (χ4v) is 5.69. The van der Waals surface area contributed by atoms with Crippen molar-refractivity contribution in [3.8, 4) is 0 Å². The van der Waals surface area contributed by atoms with Gasteiger partial charge in [-0.15, -0.1) is 0 Å². The van der Waals surface area contributed by atoms with Crippen molar-refractivity contribution in [3.05, 3.63) is 46.3 Å². The Kier molecular flexibility index (Phi) is 9.22. The first kappa shape index (κ1) is 27.8. The number of aliphatic imine (C=N–C) groups is 1. The molecule has 3 aliphatic rings. The summed E-state index contributed by atoms with van der Waals surface area (Å²) in [7, 11) is 3.20. The zero-order valence-corrected chi connectivity index (χ0v) is 22.3. The Morgan fingerprint density at radius 1 is 1.24 bits per heavy atom. The van der Waals surface area contributed by atoms with Gasteiger partial charge in [-0.3, -0.25) is 4.99 Å². The summed E-state index contributed by atoms with van der Waals surface area (Å²) in [6.45, 7) is 3.52. The highest BCUT2D eigenvalue weighted by Gasteiger charge is 2.33. The third kappa shape index (κ3) is 5.94. The number of benzene rings is 1. The van der Waals surface area contributed by atoms with Crippen LogP contribution < -0.4 is 32.3 Å². The Bertz CT molecular complexity index is 1100. The summed E-state index contributed by atoms with van der Waals surface area (Å²) in [6.07, 6.45) is 3.83. The van der Waals surface area contributed by atoms with E-state index in [4.69, 9.17) is 11.5 Å². The van der Waals surface area contributed by atoms with Gasteiger partial charge in [0.15, 0.2) is 0 Å². The molecule has 3 heterocycles. The Balaban J connectivity index is 1.72. The number of anilines is 1. The SMILES string of the molecule is CN=C/C(=C\N)c1cc2c(cc1C(F)F)N(C(N)C1=C(NC3CCNCC3)CCN(C(=O)NC)C1)CCC2. The van der Waals surface area contributed by atoms with Crippen LogP contribution in [0.25, 0.3) is 5.57 Å². The van der Waals surface area contributed by atoms with Crippen LogP contribution in [0.5, 0.6) is 0 Å². The molecule has 1 saturated heterocycles. The van der Waals surface area contributed by atoms with Crippen molar-refractivity contribution >= 4 is 23.5 Å². The molecule has 0 saturated carbocycles. The molecule has 11 heteroatoms. The molecule has 1 atom stereocenters. The number of nitrogens with zero attached hydrogens (tertiary/aromatic N) is 3. The van der Waals surface area contributed by atoms with Gasteiger partial charge >= 0.3 is 6.03 Å². The molecule has 0 aromatic heterocycles. The summed E-state index contributed by atoms with van der Waals surface area (Å²) in [5.41, 5.74) is 17.1.